The van der Waals surface area contributed by atoms with Crippen LogP contribution in [0.15, 0.2) is 40.8 Å². The number of anilines is 1. The molecule has 1 aromatic heterocycles. The Kier molecular flexibility index (Phi) is 4.43. The Morgan fingerprint density at radius 1 is 1.22 bits per heavy atom. The van der Waals surface area contributed by atoms with E-state index in [-0.39, 0.29) is 11.5 Å². The zero-order chi connectivity index (χ0) is 16.2. The molecule has 1 fully saturated rings. The monoisotopic (exact) mass is 315 g/mol. The maximum atomic E-state index is 12.0. The van der Waals surface area contributed by atoms with E-state index < -0.39 is 11.9 Å². The molecule has 2 N–H and O–H groups in total. The molecular formula is C17H17NO5. The third-order valence-electron chi connectivity index (χ3n) is 3.54. The molecule has 1 saturated carbocycles. The minimum Gasteiger partial charge on any atom is -0.475 e. The normalized spacial score (nSPS) is 13.7. The van der Waals surface area contributed by atoms with Crippen molar-refractivity contribution in [2.45, 2.75) is 19.4 Å². The third kappa shape index (κ3) is 4.20. The minimum atomic E-state index is -1.21. The van der Waals surface area contributed by atoms with Crippen LogP contribution in [0.5, 0.6) is 0 Å². The number of carbonyl (C=O) groups excluding carboxylic acids is 1. The molecule has 0 atom stereocenters. The van der Waals surface area contributed by atoms with Crippen LogP contribution in [-0.2, 0) is 11.3 Å². The van der Waals surface area contributed by atoms with Crippen molar-refractivity contribution in [3.8, 4) is 0 Å². The highest BCUT2D eigenvalue weighted by Crippen LogP contribution is 2.29. The number of aromatic carboxylic acids is 1. The summed E-state index contributed by atoms with van der Waals surface area (Å²) in [5.41, 5.74) is 1.57. The highest BCUT2D eigenvalue weighted by molar-refractivity contribution is 6.02. The summed E-state index contributed by atoms with van der Waals surface area (Å²) in [6.07, 6.45) is 2.50. The Labute approximate surface area is 133 Å². The first kappa shape index (κ1) is 15.3. The molecule has 6 heteroatoms. The highest BCUT2D eigenvalue weighted by atomic mass is 16.5. The Hall–Kier alpha value is -2.60. The second-order valence-electron chi connectivity index (χ2n) is 5.58. The van der Waals surface area contributed by atoms with Crippen molar-refractivity contribution in [3.63, 3.8) is 0 Å². The van der Waals surface area contributed by atoms with Crippen molar-refractivity contribution in [2.75, 3.05) is 11.9 Å². The van der Waals surface area contributed by atoms with Crippen LogP contribution in [0.3, 0.4) is 0 Å². The first-order valence-corrected chi connectivity index (χ1v) is 7.43. The van der Waals surface area contributed by atoms with Crippen molar-refractivity contribution >= 4 is 17.6 Å². The van der Waals surface area contributed by atoms with Crippen LogP contribution in [-0.4, -0.2) is 23.6 Å². The molecule has 0 unspecified atom stereocenters. The third-order valence-corrected chi connectivity index (χ3v) is 3.54. The van der Waals surface area contributed by atoms with Gasteiger partial charge in [0.15, 0.2) is 5.76 Å². The van der Waals surface area contributed by atoms with Gasteiger partial charge in [-0.05, 0) is 48.6 Å². The van der Waals surface area contributed by atoms with Gasteiger partial charge in [0.1, 0.15) is 0 Å². The number of hydrogen-bond donors (Lipinski definition) is 2. The van der Waals surface area contributed by atoms with E-state index in [1.807, 2.05) is 18.2 Å². The summed E-state index contributed by atoms with van der Waals surface area (Å²) in [5.74, 6) is -1.30. The summed E-state index contributed by atoms with van der Waals surface area (Å²) >= 11 is 0. The van der Waals surface area contributed by atoms with Gasteiger partial charge in [-0.2, -0.15) is 0 Å². The molecule has 1 heterocycles. The molecule has 0 bridgehead atoms. The van der Waals surface area contributed by atoms with Crippen LogP contribution < -0.4 is 5.32 Å². The molecule has 0 saturated heterocycles. The zero-order valence-corrected chi connectivity index (χ0v) is 12.5. The molecule has 0 spiro atoms. The van der Waals surface area contributed by atoms with E-state index in [1.54, 1.807) is 6.07 Å². The fourth-order valence-electron chi connectivity index (χ4n) is 2.13. The quantitative estimate of drug-likeness (QED) is 0.819. The number of benzene rings is 1. The van der Waals surface area contributed by atoms with Crippen LogP contribution in [0.4, 0.5) is 5.69 Å². The Balaban J connectivity index is 1.59. The number of carbonyl (C=O) groups is 2. The van der Waals surface area contributed by atoms with Crippen molar-refractivity contribution < 1.29 is 23.8 Å². The van der Waals surface area contributed by atoms with Gasteiger partial charge in [0.25, 0.3) is 5.91 Å². The molecule has 120 valence electrons. The van der Waals surface area contributed by atoms with Gasteiger partial charge in [0, 0.05) is 12.3 Å². The minimum absolute atomic E-state index is 0.0437. The van der Waals surface area contributed by atoms with Gasteiger partial charge >= 0.3 is 5.97 Å². The highest BCUT2D eigenvalue weighted by Gasteiger charge is 2.21. The van der Waals surface area contributed by atoms with E-state index in [1.165, 1.54) is 25.0 Å². The number of amides is 1. The lowest BCUT2D eigenvalue weighted by atomic mass is 10.2. The Bertz CT molecular complexity index is 717. The molecule has 1 aliphatic carbocycles. The Morgan fingerprint density at radius 2 is 2.00 bits per heavy atom. The van der Waals surface area contributed by atoms with Gasteiger partial charge < -0.3 is 19.6 Å². The van der Waals surface area contributed by atoms with Gasteiger partial charge in [0.05, 0.1) is 6.61 Å². The second-order valence-corrected chi connectivity index (χ2v) is 5.58. The summed E-state index contributed by atoms with van der Waals surface area (Å²) in [7, 11) is 0. The van der Waals surface area contributed by atoms with Crippen molar-refractivity contribution in [2.24, 2.45) is 5.92 Å². The first-order chi connectivity index (χ1) is 11.1. The molecule has 0 radical (unpaired) electrons. The average Bonchev–Trinajstić information content (AvgIpc) is 3.20. The van der Waals surface area contributed by atoms with Gasteiger partial charge in [-0.3, -0.25) is 4.79 Å². The molecule has 6 nitrogen and oxygen atoms in total. The molecular weight excluding hydrogens is 298 g/mol. The lowest BCUT2D eigenvalue weighted by Crippen LogP contribution is -2.11. The molecule has 1 aliphatic rings. The number of rotatable bonds is 7. The molecule has 1 aromatic carbocycles. The molecule has 2 aromatic rings. The summed E-state index contributed by atoms with van der Waals surface area (Å²) in [6.45, 7) is 1.28. The summed E-state index contributed by atoms with van der Waals surface area (Å²) in [4.78, 5) is 22.8. The number of hydrogen-bond acceptors (Lipinski definition) is 4. The largest absolute Gasteiger partial charge is 0.475 e. The van der Waals surface area contributed by atoms with E-state index in [0.717, 1.165) is 12.2 Å². The van der Waals surface area contributed by atoms with E-state index >= 15 is 0 Å². The predicted octanol–water partition coefficient (Wildman–Crippen LogP) is 3.16. The topological polar surface area (TPSA) is 88.8 Å². The van der Waals surface area contributed by atoms with Crippen LogP contribution in [0.2, 0.25) is 0 Å². The van der Waals surface area contributed by atoms with E-state index in [4.69, 9.17) is 14.3 Å². The number of ether oxygens (including phenoxy) is 1. The maximum Gasteiger partial charge on any atom is 0.371 e. The number of nitrogens with one attached hydrogen (secondary N) is 1. The van der Waals surface area contributed by atoms with Crippen molar-refractivity contribution in [1.29, 1.82) is 0 Å². The molecule has 1 amide bonds. The summed E-state index contributed by atoms with van der Waals surface area (Å²) in [6, 6.07) is 9.92. The van der Waals surface area contributed by atoms with E-state index in [0.29, 0.717) is 18.2 Å². The lowest BCUT2D eigenvalue weighted by molar-refractivity contribution is 0.0660. The van der Waals surface area contributed by atoms with Crippen molar-refractivity contribution in [3.05, 3.63) is 53.5 Å². The summed E-state index contributed by atoms with van der Waals surface area (Å²) < 4.78 is 10.6. The SMILES string of the molecule is O=C(O)c1ccc(C(=O)Nc2cccc(COCC3CC3)c2)o1. The predicted molar refractivity (Wildman–Crippen MR) is 82.4 cm³/mol. The number of carboxylic acids is 1. The van der Waals surface area contributed by atoms with Crippen molar-refractivity contribution in [1.82, 2.24) is 0 Å². The van der Waals surface area contributed by atoms with E-state index in [2.05, 4.69) is 5.32 Å². The molecule has 3 rings (SSSR count). The fraction of sp³-hybridized carbons (Fsp3) is 0.294. The van der Waals surface area contributed by atoms with Gasteiger partial charge in [-0.1, -0.05) is 12.1 Å². The van der Waals surface area contributed by atoms with Crippen LogP contribution in [0.25, 0.3) is 0 Å². The van der Waals surface area contributed by atoms with E-state index in [9.17, 15) is 9.59 Å². The van der Waals surface area contributed by atoms with Crippen LogP contribution in [0, 0.1) is 5.92 Å². The zero-order valence-electron chi connectivity index (χ0n) is 12.5. The summed E-state index contributed by atoms with van der Waals surface area (Å²) in [5, 5.41) is 11.5. The maximum absolute atomic E-state index is 12.0. The fourth-order valence-corrected chi connectivity index (χ4v) is 2.13. The Morgan fingerprint density at radius 3 is 2.70 bits per heavy atom. The lowest BCUT2D eigenvalue weighted by Gasteiger charge is -2.07. The smallest absolute Gasteiger partial charge is 0.371 e. The van der Waals surface area contributed by atoms with Gasteiger partial charge in [-0.15, -0.1) is 0 Å². The van der Waals surface area contributed by atoms with Gasteiger partial charge in [-0.25, -0.2) is 4.79 Å². The number of furan rings is 1. The van der Waals surface area contributed by atoms with Crippen LogP contribution >= 0.6 is 0 Å². The van der Waals surface area contributed by atoms with Crippen LogP contribution in [0.1, 0.15) is 39.5 Å². The number of carboxylic acid groups (broad SMARTS) is 1. The molecule has 23 heavy (non-hydrogen) atoms. The average molecular weight is 315 g/mol. The van der Waals surface area contributed by atoms with Gasteiger partial charge in [0.2, 0.25) is 5.76 Å². The first-order valence-electron chi connectivity index (χ1n) is 7.43. The standard InChI is InChI=1S/C17H17NO5/c19-16(14-6-7-15(23-14)17(20)21)18-13-3-1-2-12(8-13)10-22-9-11-4-5-11/h1-3,6-8,11H,4-5,9-10H2,(H,18,19)(H,20,21). The molecule has 0 aliphatic heterocycles. The second kappa shape index (κ2) is 6.66.